The third kappa shape index (κ3) is 7.74. The van der Waals surface area contributed by atoms with Crippen molar-refractivity contribution in [2.75, 3.05) is 25.0 Å². The van der Waals surface area contributed by atoms with Crippen molar-refractivity contribution in [3.05, 3.63) is 70.5 Å². The Kier molecular flexibility index (Phi) is 9.08. The fourth-order valence-corrected chi connectivity index (χ4v) is 5.38. The molecule has 2 aromatic rings. The van der Waals surface area contributed by atoms with Crippen LogP contribution in [0.3, 0.4) is 0 Å². The van der Waals surface area contributed by atoms with Gasteiger partial charge in [0, 0.05) is 43.4 Å². The molecular formula is C30H35FN4O2. The topological polar surface area (TPSA) is 85.2 Å². The molecule has 6 nitrogen and oxygen atoms in total. The highest BCUT2D eigenvalue weighted by molar-refractivity contribution is 5.92. The summed E-state index contributed by atoms with van der Waals surface area (Å²) in [7, 11) is 0. The van der Waals surface area contributed by atoms with Crippen molar-refractivity contribution in [2.24, 2.45) is 5.92 Å². The van der Waals surface area contributed by atoms with E-state index in [1.54, 1.807) is 12.1 Å². The van der Waals surface area contributed by atoms with Crippen molar-refractivity contribution < 1.29 is 14.0 Å². The number of halogens is 1. The lowest BCUT2D eigenvalue weighted by Crippen LogP contribution is -2.37. The van der Waals surface area contributed by atoms with Gasteiger partial charge in [-0.3, -0.25) is 9.59 Å². The second-order valence-corrected chi connectivity index (χ2v) is 10.2. The molecule has 194 valence electrons. The van der Waals surface area contributed by atoms with E-state index >= 15 is 0 Å². The Morgan fingerprint density at radius 2 is 1.84 bits per heavy atom. The van der Waals surface area contributed by atoms with E-state index in [9.17, 15) is 14.0 Å². The molecule has 2 amide bonds. The number of fused-ring (bicyclic) bond motifs is 1. The SMILES string of the molecule is CC(=O)Nc1ccc(/C=C/C(=O)NC2CCC(CCN3CCc4ccc(C#N)cc4CC3)CC2)c(F)c1. The minimum absolute atomic E-state index is 0.155. The van der Waals surface area contributed by atoms with Gasteiger partial charge in [-0.1, -0.05) is 6.07 Å². The average Bonchev–Trinajstić information content (AvgIpc) is 3.09. The molecule has 0 aromatic heterocycles. The Bertz CT molecular complexity index is 1190. The summed E-state index contributed by atoms with van der Waals surface area (Å²) >= 11 is 0. The number of benzene rings is 2. The van der Waals surface area contributed by atoms with Crippen molar-refractivity contribution >= 4 is 23.6 Å². The minimum atomic E-state index is -0.490. The van der Waals surface area contributed by atoms with E-state index in [1.165, 1.54) is 42.7 Å². The van der Waals surface area contributed by atoms with Gasteiger partial charge >= 0.3 is 0 Å². The number of hydrogen-bond acceptors (Lipinski definition) is 4. The number of nitriles is 1. The monoisotopic (exact) mass is 502 g/mol. The molecule has 2 aliphatic rings. The summed E-state index contributed by atoms with van der Waals surface area (Å²) in [6.07, 6.45) is 10.2. The predicted octanol–water partition coefficient (Wildman–Crippen LogP) is 4.83. The van der Waals surface area contributed by atoms with E-state index in [0.29, 0.717) is 17.2 Å². The molecule has 1 heterocycles. The van der Waals surface area contributed by atoms with Crippen molar-refractivity contribution in [3.8, 4) is 6.07 Å². The zero-order valence-corrected chi connectivity index (χ0v) is 21.4. The van der Waals surface area contributed by atoms with Crippen LogP contribution in [0.1, 0.15) is 61.3 Å². The first-order valence-corrected chi connectivity index (χ1v) is 13.2. The Labute approximate surface area is 218 Å². The second kappa shape index (κ2) is 12.6. The molecular weight excluding hydrogens is 467 g/mol. The average molecular weight is 503 g/mol. The summed E-state index contributed by atoms with van der Waals surface area (Å²) in [5.41, 5.74) is 4.12. The summed E-state index contributed by atoms with van der Waals surface area (Å²) in [6.45, 7) is 4.56. The highest BCUT2D eigenvalue weighted by Gasteiger charge is 2.23. The fraction of sp³-hybridized carbons (Fsp3) is 0.433. The number of nitrogens with zero attached hydrogens (tertiary/aromatic N) is 2. The summed E-state index contributed by atoms with van der Waals surface area (Å²) in [5.74, 6) is -0.287. The van der Waals surface area contributed by atoms with Gasteiger partial charge in [-0.05, 0) is 105 Å². The largest absolute Gasteiger partial charge is 0.350 e. The van der Waals surface area contributed by atoms with E-state index in [0.717, 1.165) is 63.7 Å². The minimum Gasteiger partial charge on any atom is -0.350 e. The first-order valence-electron chi connectivity index (χ1n) is 13.2. The van der Waals surface area contributed by atoms with Crippen LogP contribution < -0.4 is 10.6 Å². The Hall–Kier alpha value is -3.50. The molecule has 1 saturated carbocycles. The third-order valence-corrected chi connectivity index (χ3v) is 7.51. The smallest absolute Gasteiger partial charge is 0.244 e. The molecule has 0 radical (unpaired) electrons. The first kappa shape index (κ1) is 26.6. The van der Waals surface area contributed by atoms with E-state index < -0.39 is 5.82 Å². The fourth-order valence-electron chi connectivity index (χ4n) is 5.38. The molecule has 0 unspecified atom stereocenters. The second-order valence-electron chi connectivity index (χ2n) is 10.2. The Morgan fingerprint density at radius 3 is 2.54 bits per heavy atom. The molecule has 0 atom stereocenters. The van der Waals surface area contributed by atoms with Crippen LogP contribution in [0.25, 0.3) is 6.08 Å². The van der Waals surface area contributed by atoms with Crippen LogP contribution in [0, 0.1) is 23.1 Å². The number of carbonyl (C=O) groups excluding carboxylic acids is 2. The van der Waals surface area contributed by atoms with Gasteiger partial charge in [0.25, 0.3) is 0 Å². The lowest BCUT2D eigenvalue weighted by Gasteiger charge is -2.30. The van der Waals surface area contributed by atoms with Gasteiger partial charge in [0.2, 0.25) is 11.8 Å². The van der Waals surface area contributed by atoms with Crippen LogP contribution in [0.5, 0.6) is 0 Å². The van der Waals surface area contributed by atoms with Gasteiger partial charge < -0.3 is 15.5 Å². The van der Waals surface area contributed by atoms with Crippen LogP contribution in [-0.2, 0) is 22.4 Å². The van der Waals surface area contributed by atoms with Gasteiger partial charge in [0.05, 0.1) is 11.6 Å². The molecule has 4 rings (SSSR count). The molecule has 2 aromatic carbocycles. The molecule has 0 spiro atoms. The van der Waals surface area contributed by atoms with Crippen LogP contribution in [0.2, 0.25) is 0 Å². The predicted molar refractivity (Wildman–Crippen MR) is 143 cm³/mol. The van der Waals surface area contributed by atoms with Crippen molar-refractivity contribution in [1.82, 2.24) is 10.2 Å². The molecule has 2 N–H and O–H groups in total. The number of rotatable bonds is 7. The van der Waals surface area contributed by atoms with E-state index in [1.807, 2.05) is 12.1 Å². The number of anilines is 1. The van der Waals surface area contributed by atoms with Crippen LogP contribution >= 0.6 is 0 Å². The van der Waals surface area contributed by atoms with Gasteiger partial charge in [0.1, 0.15) is 5.82 Å². The number of hydrogen-bond donors (Lipinski definition) is 2. The number of carbonyl (C=O) groups is 2. The normalized spacial score (nSPS) is 20.0. The number of amides is 2. The molecule has 7 heteroatoms. The Morgan fingerprint density at radius 1 is 1.08 bits per heavy atom. The molecule has 0 bridgehead atoms. The van der Waals surface area contributed by atoms with Crippen LogP contribution in [-0.4, -0.2) is 42.4 Å². The van der Waals surface area contributed by atoms with E-state index in [4.69, 9.17) is 5.26 Å². The zero-order valence-electron chi connectivity index (χ0n) is 21.4. The molecule has 1 aliphatic heterocycles. The maximum atomic E-state index is 14.2. The highest BCUT2D eigenvalue weighted by atomic mass is 19.1. The quantitative estimate of drug-likeness (QED) is 0.531. The molecule has 0 saturated heterocycles. The molecule has 1 fully saturated rings. The maximum absolute atomic E-state index is 14.2. The van der Waals surface area contributed by atoms with E-state index in [2.05, 4.69) is 27.7 Å². The van der Waals surface area contributed by atoms with Gasteiger partial charge in [-0.25, -0.2) is 4.39 Å². The van der Waals surface area contributed by atoms with E-state index in [-0.39, 0.29) is 17.9 Å². The van der Waals surface area contributed by atoms with Crippen LogP contribution in [0.15, 0.2) is 42.5 Å². The van der Waals surface area contributed by atoms with Gasteiger partial charge in [-0.2, -0.15) is 5.26 Å². The van der Waals surface area contributed by atoms with Crippen LogP contribution in [0.4, 0.5) is 10.1 Å². The van der Waals surface area contributed by atoms with Crippen molar-refractivity contribution in [3.63, 3.8) is 0 Å². The Balaban J connectivity index is 1.17. The summed E-state index contributed by atoms with van der Waals surface area (Å²) in [6, 6.07) is 12.9. The standard InChI is InChI=1S/C30H35FN4O2/c1-21(36)33-28-10-6-25(29(31)19-28)7-11-30(37)34-27-8-3-22(4-9-27)12-15-35-16-13-24-5-2-23(20-32)18-26(24)14-17-35/h2,5-7,10-11,18-19,22,27H,3-4,8-9,12-17H2,1H3,(H,33,36)(H,34,37)/b11-7+. The summed E-state index contributed by atoms with van der Waals surface area (Å²) < 4.78 is 14.2. The summed E-state index contributed by atoms with van der Waals surface area (Å²) in [4.78, 5) is 26.0. The van der Waals surface area contributed by atoms with Crippen molar-refractivity contribution in [1.29, 1.82) is 5.26 Å². The van der Waals surface area contributed by atoms with Gasteiger partial charge in [-0.15, -0.1) is 0 Å². The third-order valence-electron chi connectivity index (χ3n) is 7.51. The molecule has 37 heavy (non-hydrogen) atoms. The van der Waals surface area contributed by atoms with Crippen molar-refractivity contribution in [2.45, 2.75) is 57.9 Å². The lowest BCUT2D eigenvalue weighted by molar-refractivity contribution is -0.117. The summed E-state index contributed by atoms with van der Waals surface area (Å²) in [5, 5.41) is 14.8. The van der Waals surface area contributed by atoms with Gasteiger partial charge in [0.15, 0.2) is 0 Å². The first-order chi connectivity index (χ1) is 17.9. The molecule has 1 aliphatic carbocycles. The number of nitrogens with one attached hydrogen (secondary N) is 2. The maximum Gasteiger partial charge on any atom is 0.244 e. The highest BCUT2D eigenvalue weighted by Crippen LogP contribution is 2.28. The zero-order chi connectivity index (χ0) is 26.2. The lowest BCUT2D eigenvalue weighted by atomic mass is 9.84.